The van der Waals surface area contributed by atoms with Crippen LogP contribution in [-0.2, 0) is 4.79 Å². The van der Waals surface area contributed by atoms with Crippen LogP contribution in [0.4, 0.5) is 0 Å². The fraction of sp³-hybridized carbons (Fsp3) is 0.231. The number of carbonyl (C=O) groups is 1. The standard InChI is InChI=1S/C13H13ClN2O/c14-12(8-10-4-2-1-3-5-10)9-15-16-13(17)11-6-7-11/h1-5,8-9,11H,6-7H2,(H,16,17). The third-order valence-corrected chi connectivity index (χ3v) is 2.62. The van der Waals surface area contributed by atoms with Gasteiger partial charge in [0.15, 0.2) is 0 Å². The Kier molecular flexibility index (Phi) is 3.94. The second kappa shape index (κ2) is 5.64. The molecule has 1 fully saturated rings. The molecule has 1 N–H and O–H groups in total. The number of benzene rings is 1. The predicted molar refractivity (Wildman–Crippen MR) is 69.6 cm³/mol. The van der Waals surface area contributed by atoms with Crippen molar-refractivity contribution in [1.82, 2.24) is 5.43 Å². The molecule has 1 amide bonds. The van der Waals surface area contributed by atoms with E-state index in [4.69, 9.17) is 11.6 Å². The van der Waals surface area contributed by atoms with E-state index in [-0.39, 0.29) is 11.8 Å². The Morgan fingerprint density at radius 1 is 1.35 bits per heavy atom. The molecule has 0 unspecified atom stereocenters. The summed E-state index contributed by atoms with van der Waals surface area (Å²) in [4.78, 5) is 11.3. The molecule has 1 saturated carbocycles. The lowest BCUT2D eigenvalue weighted by Crippen LogP contribution is -2.18. The number of hydrazone groups is 1. The van der Waals surface area contributed by atoms with Gasteiger partial charge in [0.2, 0.25) is 5.91 Å². The zero-order valence-electron chi connectivity index (χ0n) is 9.27. The van der Waals surface area contributed by atoms with Crippen LogP contribution < -0.4 is 5.43 Å². The van der Waals surface area contributed by atoms with E-state index in [0.717, 1.165) is 18.4 Å². The second-order valence-corrected chi connectivity index (χ2v) is 4.38. The molecule has 2 rings (SSSR count). The lowest BCUT2D eigenvalue weighted by Gasteiger charge is -1.95. The number of nitrogens with zero attached hydrogens (tertiary/aromatic N) is 1. The fourth-order valence-corrected chi connectivity index (χ4v) is 1.51. The molecular formula is C13H13ClN2O. The van der Waals surface area contributed by atoms with Crippen molar-refractivity contribution >= 4 is 29.8 Å². The molecule has 88 valence electrons. The summed E-state index contributed by atoms with van der Waals surface area (Å²) in [6, 6.07) is 9.69. The first kappa shape index (κ1) is 11.9. The highest BCUT2D eigenvalue weighted by atomic mass is 35.5. The minimum atomic E-state index is -0.0228. The van der Waals surface area contributed by atoms with E-state index in [1.807, 2.05) is 30.3 Å². The molecule has 0 spiro atoms. The first-order valence-electron chi connectivity index (χ1n) is 5.51. The van der Waals surface area contributed by atoms with Gasteiger partial charge in [0.1, 0.15) is 0 Å². The fourth-order valence-electron chi connectivity index (χ4n) is 1.34. The van der Waals surface area contributed by atoms with Gasteiger partial charge in [-0.1, -0.05) is 41.9 Å². The number of rotatable bonds is 4. The van der Waals surface area contributed by atoms with Crippen molar-refractivity contribution in [3.05, 3.63) is 40.9 Å². The Hall–Kier alpha value is -1.61. The maximum absolute atomic E-state index is 11.3. The van der Waals surface area contributed by atoms with Gasteiger partial charge in [-0.25, -0.2) is 5.43 Å². The van der Waals surface area contributed by atoms with Gasteiger partial charge in [-0.3, -0.25) is 4.79 Å². The number of amides is 1. The van der Waals surface area contributed by atoms with Crippen molar-refractivity contribution in [3.8, 4) is 0 Å². The first-order chi connectivity index (χ1) is 8.25. The van der Waals surface area contributed by atoms with Gasteiger partial charge in [-0.2, -0.15) is 5.10 Å². The molecule has 4 heteroatoms. The van der Waals surface area contributed by atoms with Crippen LogP contribution in [0.5, 0.6) is 0 Å². The van der Waals surface area contributed by atoms with Gasteiger partial charge >= 0.3 is 0 Å². The summed E-state index contributed by atoms with van der Waals surface area (Å²) < 4.78 is 0. The number of nitrogens with one attached hydrogen (secondary N) is 1. The molecule has 0 heterocycles. The smallest absolute Gasteiger partial charge is 0.243 e. The summed E-state index contributed by atoms with van der Waals surface area (Å²) >= 11 is 5.95. The monoisotopic (exact) mass is 248 g/mol. The largest absolute Gasteiger partial charge is 0.273 e. The molecule has 0 aliphatic heterocycles. The van der Waals surface area contributed by atoms with Crippen LogP contribution in [0.25, 0.3) is 6.08 Å². The van der Waals surface area contributed by atoms with Gasteiger partial charge < -0.3 is 0 Å². The van der Waals surface area contributed by atoms with E-state index in [1.165, 1.54) is 6.21 Å². The van der Waals surface area contributed by atoms with Gasteiger partial charge in [0.25, 0.3) is 0 Å². The highest BCUT2D eigenvalue weighted by molar-refractivity contribution is 6.41. The Balaban J connectivity index is 1.87. The Morgan fingerprint density at radius 3 is 2.71 bits per heavy atom. The van der Waals surface area contributed by atoms with E-state index < -0.39 is 0 Å². The zero-order chi connectivity index (χ0) is 12.1. The molecule has 0 saturated heterocycles. The molecule has 17 heavy (non-hydrogen) atoms. The summed E-state index contributed by atoms with van der Waals surface area (Å²) in [5.41, 5.74) is 3.46. The van der Waals surface area contributed by atoms with Gasteiger partial charge in [-0.05, 0) is 24.5 Å². The van der Waals surface area contributed by atoms with Crippen molar-refractivity contribution in [2.75, 3.05) is 0 Å². The van der Waals surface area contributed by atoms with Crippen LogP contribution in [0.15, 0.2) is 40.5 Å². The van der Waals surface area contributed by atoms with Crippen LogP contribution in [-0.4, -0.2) is 12.1 Å². The van der Waals surface area contributed by atoms with Crippen LogP contribution in [0.3, 0.4) is 0 Å². The molecule has 1 aliphatic carbocycles. The summed E-state index contributed by atoms with van der Waals surface area (Å²) in [6.07, 6.45) is 5.16. The summed E-state index contributed by atoms with van der Waals surface area (Å²) in [6.45, 7) is 0. The molecule has 0 aromatic heterocycles. The topological polar surface area (TPSA) is 41.5 Å². The van der Waals surface area contributed by atoms with Crippen molar-refractivity contribution in [1.29, 1.82) is 0 Å². The van der Waals surface area contributed by atoms with Gasteiger partial charge in [0.05, 0.1) is 11.2 Å². The molecule has 0 radical (unpaired) electrons. The van der Waals surface area contributed by atoms with E-state index in [2.05, 4.69) is 10.5 Å². The molecule has 0 bridgehead atoms. The number of hydrogen-bond donors (Lipinski definition) is 1. The molecular weight excluding hydrogens is 236 g/mol. The third kappa shape index (κ3) is 4.04. The van der Waals surface area contributed by atoms with Crippen molar-refractivity contribution in [3.63, 3.8) is 0 Å². The van der Waals surface area contributed by atoms with Crippen molar-refractivity contribution in [2.24, 2.45) is 11.0 Å². The molecule has 3 nitrogen and oxygen atoms in total. The highest BCUT2D eigenvalue weighted by Crippen LogP contribution is 2.28. The molecule has 0 atom stereocenters. The zero-order valence-corrected chi connectivity index (χ0v) is 10.0. The Bertz CT molecular complexity index is 450. The van der Waals surface area contributed by atoms with Gasteiger partial charge in [0, 0.05) is 5.92 Å². The summed E-state index contributed by atoms with van der Waals surface area (Å²) in [7, 11) is 0. The van der Waals surface area contributed by atoms with Crippen molar-refractivity contribution in [2.45, 2.75) is 12.8 Å². The third-order valence-electron chi connectivity index (χ3n) is 2.41. The van der Waals surface area contributed by atoms with Crippen LogP contribution in [0.2, 0.25) is 0 Å². The lowest BCUT2D eigenvalue weighted by molar-refractivity contribution is -0.122. The SMILES string of the molecule is O=C(NN=CC(Cl)=Cc1ccccc1)C1CC1. The summed E-state index contributed by atoms with van der Waals surface area (Å²) in [5.74, 6) is 0.134. The Labute approximate surface area is 105 Å². The average Bonchev–Trinajstić information content (AvgIpc) is 3.14. The van der Waals surface area contributed by atoms with Crippen LogP contribution in [0, 0.1) is 5.92 Å². The van der Waals surface area contributed by atoms with E-state index in [9.17, 15) is 4.79 Å². The minimum absolute atomic E-state index is 0.0228. The molecule has 1 aliphatic rings. The number of allylic oxidation sites excluding steroid dienone is 1. The predicted octanol–water partition coefficient (Wildman–Crippen LogP) is 2.78. The second-order valence-electron chi connectivity index (χ2n) is 3.95. The van der Waals surface area contributed by atoms with Crippen LogP contribution >= 0.6 is 11.6 Å². The molecule has 1 aromatic rings. The highest BCUT2D eigenvalue weighted by Gasteiger charge is 2.29. The maximum Gasteiger partial charge on any atom is 0.243 e. The first-order valence-corrected chi connectivity index (χ1v) is 5.88. The molecule has 1 aromatic carbocycles. The average molecular weight is 249 g/mol. The Morgan fingerprint density at radius 2 is 2.06 bits per heavy atom. The lowest BCUT2D eigenvalue weighted by atomic mass is 10.2. The van der Waals surface area contributed by atoms with E-state index in [1.54, 1.807) is 6.08 Å². The quantitative estimate of drug-likeness (QED) is 0.646. The number of halogens is 1. The maximum atomic E-state index is 11.3. The van der Waals surface area contributed by atoms with Crippen LogP contribution in [0.1, 0.15) is 18.4 Å². The van der Waals surface area contributed by atoms with Gasteiger partial charge in [-0.15, -0.1) is 0 Å². The summed E-state index contributed by atoms with van der Waals surface area (Å²) in [5, 5.41) is 4.28. The number of carbonyl (C=O) groups excluding carboxylic acids is 1. The normalized spacial score (nSPS) is 16.2. The number of hydrogen-bond acceptors (Lipinski definition) is 2. The van der Waals surface area contributed by atoms with E-state index >= 15 is 0 Å². The van der Waals surface area contributed by atoms with E-state index in [0.29, 0.717) is 5.03 Å². The minimum Gasteiger partial charge on any atom is -0.273 e. The van der Waals surface area contributed by atoms with Crippen molar-refractivity contribution < 1.29 is 4.79 Å².